The van der Waals surface area contributed by atoms with Crippen LogP contribution in [0.3, 0.4) is 0 Å². The standard InChI is InChI=1S/C26H37N3O7S/c1-7-14-27-26(31)22(8-2)28(17-19-10-9-11-20(15-19)34-3)25(30)18-29(37(6,32)33)23-13-12-21(35-4)16-24(23)36-5/h9-13,15-16,22H,7-8,14,17-18H2,1-6H3,(H,27,31). The van der Waals surface area contributed by atoms with Crippen LogP contribution < -0.4 is 23.8 Å². The molecule has 11 heteroatoms. The number of methoxy groups -OCH3 is 3. The van der Waals surface area contributed by atoms with Gasteiger partial charge in [-0.05, 0) is 42.7 Å². The van der Waals surface area contributed by atoms with Crippen molar-refractivity contribution in [1.82, 2.24) is 10.2 Å². The zero-order valence-corrected chi connectivity index (χ0v) is 23.1. The van der Waals surface area contributed by atoms with Crippen LogP contribution in [0.4, 0.5) is 5.69 Å². The second kappa shape index (κ2) is 13.7. The second-order valence-corrected chi connectivity index (χ2v) is 10.3. The predicted molar refractivity (Wildman–Crippen MR) is 143 cm³/mol. The summed E-state index contributed by atoms with van der Waals surface area (Å²) in [6.45, 7) is 3.78. The minimum Gasteiger partial charge on any atom is -0.497 e. The maximum Gasteiger partial charge on any atom is 0.244 e. The van der Waals surface area contributed by atoms with Crippen LogP contribution in [0.2, 0.25) is 0 Å². The molecule has 10 nitrogen and oxygen atoms in total. The van der Waals surface area contributed by atoms with Crippen LogP contribution in [-0.4, -0.2) is 71.8 Å². The summed E-state index contributed by atoms with van der Waals surface area (Å²) in [4.78, 5) is 28.2. The van der Waals surface area contributed by atoms with E-state index in [0.717, 1.165) is 22.5 Å². The van der Waals surface area contributed by atoms with E-state index in [1.54, 1.807) is 37.4 Å². The van der Waals surface area contributed by atoms with E-state index in [1.165, 1.54) is 25.2 Å². The van der Waals surface area contributed by atoms with Crippen molar-refractivity contribution < 1.29 is 32.2 Å². The highest BCUT2D eigenvalue weighted by molar-refractivity contribution is 7.92. The summed E-state index contributed by atoms with van der Waals surface area (Å²) in [5, 5.41) is 2.85. The monoisotopic (exact) mass is 535 g/mol. The van der Waals surface area contributed by atoms with Crippen LogP contribution in [0.5, 0.6) is 17.2 Å². The van der Waals surface area contributed by atoms with Gasteiger partial charge in [-0.2, -0.15) is 0 Å². The number of carbonyl (C=O) groups is 2. The van der Waals surface area contributed by atoms with Crippen molar-refractivity contribution in [2.75, 3.05) is 45.0 Å². The maximum absolute atomic E-state index is 13.8. The molecule has 0 spiro atoms. The molecule has 0 radical (unpaired) electrons. The second-order valence-electron chi connectivity index (χ2n) is 8.40. The van der Waals surface area contributed by atoms with E-state index >= 15 is 0 Å². The summed E-state index contributed by atoms with van der Waals surface area (Å²) in [6, 6.07) is 11.0. The molecule has 0 aliphatic heterocycles. The molecule has 2 aromatic rings. The number of nitrogens with zero attached hydrogens (tertiary/aromatic N) is 2. The molecule has 1 N–H and O–H groups in total. The summed E-state index contributed by atoms with van der Waals surface area (Å²) in [7, 11) is 0.525. The smallest absolute Gasteiger partial charge is 0.244 e. The van der Waals surface area contributed by atoms with E-state index in [1.807, 2.05) is 19.9 Å². The number of anilines is 1. The minimum absolute atomic E-state index is 0.0887. The summed E-state index contributed by atoms with van der Waals surface area (Å²) >= 11 is 0. The van der Waals surface area contributed by atoms with Gasteiger partial charge < -0.3 is 24.4 Å². The van der Waals surface area contributed by atoms with Crippen LogP contribution in [0.15, 0.2) is 42.5 Å². The van der Waals surface area contributed by atoms with Gasteiger partial charge in [0.1, 0.15) is 29.8 Å². The van der Waals surface area contributed by atoms with Gasteiger partial charge in [-0.25, -0.2) is 8.42 Å². The molecule has 1 atom stereocenters. The summed E-state index contributed by atoms with van der Waals surface area (Å²) < 4.78 is 42.6. The van der Waals surface area contributed by atoms with Crippen molar-refractivity contribution in [3.05, 3.63) is 48.0 Å². The van der Waals surface area contributed by atoms with Gasteiger partial charge in [0.2, 0.25) is 21.8 Å². The van der Waals surface area contributed by atoms with E-state index in [0.29, 0.717) is 24.5 Å². The lowest BCUT2D eigenvalue weighted by Crippen LogP contribution is -2.52. The molecule has 2 aromatic carbocycles. The first-order valence-corrected chi connectivity index (χ1v) is 13.8. The quantitative estimate of drug-likeness (QED) is 0.396. The number of carbonyl (C=O) groups excluding carboxylic acids is 2. The molecular weight excluding hydrogens is 498 g/mol. The molecule has 0 aromatic heterocycles. The Balaban J connectivity index is 2.51. The van der Waals surface area contributed by atoms with Gasteiger partial charge in [-0.15, -0.1) is 0 Å². The van der Waals surface area contributed by atoms with Gasteiger partial charge in [0, 0.05) is 19.2 Å². The minimum atomic E-state index is -3.90. The first-order chi connectivity index (χ1) is 17.6. The SMILES string of the molecule is CCCNC(=O)C(CC)N(Cc1cccc(OC)c1)C(=O)CN(c1ccc(OC)cc1OC)S(C)(=O)=O. The average Bonchev–Trinajstić information content (AvgIpc) is 2.89. The van der Waals surface area contributed by atoms with Crippen LogP contribution in [0.25, 0.3) is 0 Å². The molecule has 2 amide bonds. The van der Waals surface area contributed by atoms with Crippen LogP contribution in [0, 0.1) is 0 Å². The lowest BCUT2D eigenvalue weighted by molar-refractivity contribution is -0.140. The van der Waals surface area contributed by atoms with Gasteiger partial charge in [0.15, 0.2) is 0 Å². The Morgan fingerprint density at radius 3 is 2.22 bits per heavy atom. The number of sulfonamides is 1. The lowest BCUT2D eigenvalue weighted by Gasteiger charge is -2.33. The fourth-order valence-corrected chi connectivity index (χ4v) is 4.69. The van der Waals surface area contributed by atoms with E-state index < -0.39 is 28.5 Å². The number of hydrogen-bond acceptors (Lipinski definition) is 7. The van der Waals surface area contributed by atoms with Crippen LogP contribution in [0.1, 0.15) is 32.3 Å². The Hall–Kier alpha value is -3.47. The number of amides is 2. The first kappa shape index (κ1) is 29.8. The first-order valence-electron chi connectivity index (χ1n) is 12.0. The normalized spacial score (nSPS) is 11.8. The summed E-state index contributed by atoms with van der Waals surface area (Å²) in [5.41, 5.74) is 0.923. The van der Waals surface area contributed by atoms with E-state index in [4.69, 9.17) is 14.2 Å². The number of rotatable bonds is 14. The number of benzene rings is 2. The van der Waals surface area contributed by atoms with Crippen molar-refractivity contribution in [2.45, 2.75) is 39.3 Å². The highest BCUT2D eigenvalue weighted by atomic mass is 32.2. The van der Waals surface area contributed by atoms with Crippen molar-refractivity contribution in [2.24, 2.45) is 0 Å². The Bertz CT molecular complexity index is 1170. The predicted octanol–water partition coefficient (Wildman–Crippen LogP) is 2.81. The van der Waals surface area contributed by atoms with Crippen molar-refractivity contribution in [3.8, 4) is 17.2 Å². The summed E-state index contributed by atoms with van der Waals surface area (Å²) in [6.07, 6.45) is 2.10. The highest BCUT2D eigenvalue weighted by Crippen LogP contribution is 2.33. The molecule has 0 aliphatic carbocycles. The van der Waals surface area contributed by atoms with E-state index in [2.05, 4.69) is 5.32 Å². The topological polar surface area (TPSA) is 114 Å². The zero-order valence-electron chi connectivity index (χ0n) is 22.3. The molecule has 0 bridgehead atoms. The molecule has 0 saturated heterocycles. The van der Waals surface area contributed by atoms with Gasteiger partial charge in [0.25, 0.3) is 0 Å². The molecule has 0 fully saturated rings. The maximum atomic E-state index is 13.8. The fraction of sp³-hybridized carbons (Fsp3) is 0.462. The molecule has 0 aliphatic rings. The van der Waals surface area contributed by atoms with Crippen LogP contribution >= 0.6 is 0 Å². The number of hydrogen-bond donors (Lipinski definition) is 1. The number of nitrogens with one attached hydrogen (secondary N) is 1. The Labute approximate surface area is 219 Å². The van der Waals surface area contributed by atoms with E-state index in [9.17, 15) is 18.0 Å². The molecule has 2 rings (SSSR count). The molecular formula is C26H37N3O7S. The highest BCUT2D eigenvalue weighted by Gasteiger charge is 2.32. The van der Waals surface area contributed by atoms with Crippen molar-refractivity contribution in [1.29, 1.82) is 0 Å². The molecule has 0 saturated carbocycles. The summed E-state index contributed by atoms with van der Waals surface area (Å²) in [5.74, 6) is 0.468. The fourth-order valence-electron chi connectivity index (χ4n) is 3.84. The Morgan fingerprint density at radius 2 is 1.65 bits per heavy atom. The Kier molecular flexibility index (Phi) is 11.0. The third-order valence-electron chi connectivity index (χ3n) is 5.76. The third kappa shape index (κ3) is 8.01. The van der Waals surface area contributed by atoms with Gasteiger partial charge >= 0.3 is 0 Å². The van der Waals surface area contributed by atoms with Crippen molar-refractivity contribution >= 4 is 27.5 Å². The molecule has 204 valence electrons. The zero-order chi connectivity index (χ0) is 27.6. The molecule has 1 unspecified atom stereocenters. The molecule has 0 heterocycles. The van der Waals surface area contributed by atoms with Gasteiger partial charge in [-0.3, -0.25) is 13.9 Å². The number of ether oxygens (including phenoxy) is 3. The van der Waals surface area contributed by atoms with Gasteiger partial charge in [-0.1, -0.05) is 26.0 Å². The lowest BCUT2D eigenvalue weighted by atomic mass is 10.1. The average molecular weight is 536 g/mol. The molecule has 37 heavy (non-hydrogen) atoms. The Morgan fingerprint density at radius 1 is 0.973 bits per heavy atom. The van der Waals surface area contributed by atoms with E-state index in [-0.39, 0.29) is 23.9 Å². The van der Waals surface area contributed by atoms with Crippen molar-refractivity contribution in [3.63, 3.8) is 0 Å². The van der Waals surface area contributed by atoms with Gasteiger partial charge in [0.05, 0.1) is 33.3 Å². The third-order valence-corrected chi connectivity index (χ3v) is 6.88. The largest absolute Gasteiger partial charge is 0.497 e. The van der Waals surface area contributed by atoms with Crippen LogP contribution in [-0.2, 0) is 26.2 Å².